The number of nitrogens with two attached hydrogens (primary N) is 1. The fourth-order valence-electron chi connectivity index (χ4n) is 1.71. The molecule has 1 rings (SSSR count). The second-order valence-corrected chi connectivity index (χ2v) is 3.78. The minimum atomic E-state index is 0.530. The van der Waals surface area contributed by atoms with Crippen molar-refractivity contribution >= 4 is 0 Å². The fraction of sp³-hybridized carbons (Fsp3) is 0.727. The molecule has 0 amide bonds. The van der Waals surface area contributed by atoms with Crippen molar-refractivity contribution in [2.75, 3.05) is 6.54 Å². The summed E-state index contributed by atoms with van der Waals surface area (Å²) in [5, 5.41) is 0. The summed E-state index contributed by atoms with van der Waals surface area (Å²) in [6.45, 7) is 5.20. The molecule has 3 nitrogen and oxygen atoms in total. The van der Waals surface area contributed by atoms with Crippen LogP contribution in [0, 0.1) is 0 Å². The Labute approximate surface area is 86.3 Å². The first-order chi connectivity index (χ1) is 6.79. The number of hydrogen-bond acceptors (Lipinski definition) is 2. The van der Waals surface area contributed by atoms with Gasteiger partial charge in [-0.1, -0.05) is 6.92 Å². The summed E-state index contributed by atoms with van der Waals surface area (Å²) < 4.78 is 2.28. The van der Waals surface area contributed by atoms with Crippen LogP contribution in [0.3, 0.4) is 0 Å². The lowest BCUT2D eigenvalue weighted by molar-refractivity contribution is 0.474. The second-order valence-electron chi connectivity index (χ2n) is 3.78. The predicted octanol–water partition coefficient (Wildman–Crippen LogP) is 2.14. The molecule has 80 valence electrons. The van der Waals surface area contributed by atoms with Gasteiger partial charge in [-0.15, -0.1) is 0 Å². The lowest BCUT2D eigenvalue weighted by Gasteiger charge is -2.15. The minimum Gasteiger partial charge on any atom is -0.332 e. The van der Waals surface area contributed by atoms with Gasteiger partial charge in [-0.25, -0.2) is 4.98 Å². The van der Waals surface area contributed by atoms with Crippen LogP contribution in [0.25, 0.3) is 0 Å². The molecular formula is C11H21N3. The van der Waals surface area contributed by atoms with Crippen LogP contribution in [0.15, 0.2) is 12.4 Å². The van der Waals surface area contributed by atoms with Crippen LogP contribution >= 0.6 is 0 Å². The monoisotopic (exact) mass is 195 g/mol. The van der Waals surface area contributed by atoms with Crippen LogP contribution in [-0.2, 0) is 6.42 Å². The molecule has 2 N–H and O–H groups in total. The Morgan fingerprint density at radius 2 is 2.36 bits per heavy atom. The van der Waals surface area contributed by atoms with E-state index in [4.69, 9.17) is 5.73 Å². The first kappa shape index (κ1) is 11.2. The summed E-state index contributed by atoms with van der Waals surface area (Å²) >= 11 is 0. The SMILES string of the molecule is CCCc1nccn1C(C)CCCN. The number of imidazole rings is 1. The van der Waals surface area contributed by atoms with Crippen molar-refractivity contribution < 1.29 is 0 Å². The topological polar surface area (TPSA) is 43.8 Å². The molecule has 14 heavy (non-hydrogen) atoms. The van der Waals surface area contributed by atoms with Crippen molar-refractivity contribution in [1.82, 2.24) is 9.55 Å². The molecule has 1 heterocycles. The van der Waals surface area contributed by atoms with E-state index in [2.05, 4.69) is 29.6 Å². The average Bonchev–Trinajstić information content (AvgIpc) is 2.63. The number of aromatic nitrogens is 2. The quantitative estimate of drug-likeness (QED) is 0.755. The smallest absolute Gasteiger partial charge is 0.108 e. The van der Waals surface area contributed by atoms with Gasteiger partial charge in [0.05, 0.1) is 0 Å². The van der Waals surface area contributed by atoms with E-state index < -0.39 is 0 Å². The second kappa shape index (κ2) is 5.81. The van der Waals surface area contributed by atoms with Gasteiger partial charge in [0, 0.05) is 24.9 Å². The van der Waals surface area contributed by atoms with Crippen molar-refractivity contribution in [3.8, 4) is 0 Å². The first-order valence-corrected chi connectivity index (χ1v) is 5.51. The van der Waals surface area contributed by atoms with Gasteiger partial charge in [0.15, 0.2) is 0 Å². The Morgan fingerprint density at radius 3 is 3.00 bits per heavy atom. The fourth-order valence-corrected chi connectivity index (χ4v) is 1.71. The van der Waals surface area contributed by atoms with E-state index in [0.717, 1.165) is 32.2 Å². The molecule has 0 radical (unpaired) electrons. The highest BCUT2D eigenvalue weighted by Crippen LogP contribution is 2.15. The van der Waals surface area contributed by atoms with Gasteiger partial charge >= 0.3 is 0 Å². The zero-order chi connectivity index (χ0) is 10.4. The van der Waals surface area contributed by atoms with Crippen LogP contribution in [0.1, 0.15) is 45.0 Å². The maximum absolute atomic E-state index is 5.50. The number of rotatable bonds is 6. The van der Waals surface area contributed by atoms with Crippen molar-refractivity contribution in [3.05, 3.63) is 18.2 Å². The third kappa shape index (κ3) is 2.84. The zero-order valence-electron chi connectivity index (χ0n) is 9.24. The molecule has 0 saturated carbocycles. The summed E-state index contributed by atoms with van der Waals surface area (Å²) in [6, 6.07) is 0.530. The lowest BCUT2D eigenvalue weighted by Crippen LogP contribution is -2.10. The Hall–Kier alpha value is -0.830. The van der Waals surface area contributed by atoms with Gasteiger partial charge in [-0.2, -0.15) is 0 Å². The highest BCUT2D eigenvalue weighted by Gasteiger charge is 2.08. The standard InChI is InChI=1S/C11H21N3/c1-3-5-11-13-8-9-14(11)10(2)6-4-7-12/h8-10H,3-7,12H2,1-2H3. The number of aryl methyl sites for hydroxylation is 1. The van der Waals surface area contributed by atoms with Gasteiger partial charge < -0.3 is 10.3 Å². The molecule has 0 fully saturated rings. The van der Waals surface area contributed by atoms with Crippen LogP contribution in [0.4, 0.5) is 0 Å². The highest BCUT2D eigenvalue weighted by molar-refractivity contribution is 4.94. The summed E-state index contributed by atoms with van der Waals surface area (Å²) in [4.78, 5) is 4.37. The third-order valence-electron chi connectivity index (χ3n) is 2.52. The van der Waals surface area contributed by atoms with Gasteiger partial charge in [0.2, 0.25) is 0 Å². The van der Waals surface area contributed by atoms with E-state index in [1.807, 2.05) is 6.20 Å². The normalized spacial score (nSPS) is 13.1. The van der Waals surface area contributed by atoms with Crippen LogP contribution < -0.4 is 5.73 Å². The van der Waals surface area contributed by atoms with Crippen molar-refractivity contribution in [2.45, 2.75) is 45.6 Å². The number of nitrogens with zero attached hydrogens (tertiary/aromatic N) is 2. The molecule has 0 spiro atoms. The van der Waals surface area contributed by atoms with Crippen LogP contribution in [0.2, 0.25) is 0 Å². The minimum absolute atomic E-state index is 0.530. The largest absolute Gasteiger partial charge is 0.332 e. The molecule has 1 atom stereocenters. The molecular weight excluding hydrogens is 174 g/mol. The van der Waals surface area contributed by atoms with Gasteiger partial charge in [0.25, 0.3) is 0 Å². The van der Waals surface area contributed by atoms with E-state index in [1.54, 1.807) is 0 Å². The molecule has 1 unspecified atom stereocenters. The molecule has 0 aliphatic carbocycles. The van der Waals surface area contributed by atoms with Gasteiger partial charge in [-0.05, 0) is 32.7 Å². The summed E-state index contributed by atoms with van der Waals surface area (Å²) in [7, 11) is 0. The summed E-state index contributed by atoms with van der Waals surface area (Å²) in [5.41, 5.74) is 5.50. The summed E-state index contributed by atoms with van der Waals surface area (Å²) in [6.07, 6.45) is 8.42. The Balaban J connectivity index is 2.58. The maximum Gasteiger partial charge on any atom is 0.108 e. The first-order valence-electron chi connectivity index (χ1n) is 5.51. The average molecular weight is 195 g/mol. The van der Waals surface area contributed by atoms with Crippen molar-refractivity contribution in [2.24, 2.45) is 5.73 Å². The van der Waals surface area contributed by atoms with E-state index >= 15 is 0 Å². The molecule has 1 aromatic rings. The molecule has 0 aromatic carbocycles. The highest BCUT2D eigenvalue weighted by atomic mass is 15.1. The zero-order valence-corrected chi connectivity index (χ0v) is 9.24. The number of hydrogen-bond donors (Lipinski definition) is 1. The van der Waals surface area contributed by atoms with Crippen LogP contribution in [0.5, 0.6) is 0 Å². The summed E-state index contributed by atoms with van der Waals surface area (Å²) in [5.74, 6) is 1.21. The van der Waals surface area contributed by atoms with Crippen molar-refractivity contribution in [1.29, 1.82) is 0 Å². The lowest BCUT2D eigenvalue weighted by atomic mass is 10.1. The molecule has 0 saturated heterocycles. The Kier molecular flexibility index (Phi) is 4.66. The van der Waals surface area contributed by atoms with Crippen molar-refractivity contribution in [3.63, 3.8) is 0 Å². The Morgan fingerprint density at radius 1 is 1.57 bits per heavy atom. The third-order valence-corrected chi connectivity index (χ3v) is 2.52. The van der Waals surface area contributed by atoms with E-state index in [9.17, 15) is 0 Å². The Bertz CT molecular complexity index is 255. The van der Waals surface area contributed by atoms with E-state index in [1.165, 1.54) is 5.82 Å². The van der Waals surface area contributed by atoms with E-state index in [0.29, 0.717) is 6.04 Å². The van der Waals surface area contributed by atoms with Crippen LogP contribution in [-0.4, -0.2) is 16.1 Å². The molecule has 3 heteroatoms. The maximum atomic E-state index is 5.50. The molecule has 0 aliphatic heterocycles. The predicted molar refractivity (Wildman–Crippen MR) is 59.2 cm³/mol. The molecule has 0 bridgehead atoms. The van der Waals surface area contributed by atoms with Gasteiger partial charge in [-0.3, -0.25) is 0 Å². The molecule has 1 aromatic heterocycles. The molecule has 0 aliphatic rings. The van der Waals surface area contributed by atoms with E-state index in [-0.39, 0.29) is 0 Å². The van der Waals surface area contributed by atoms with Gasteiger partial charge in [0.1, 0.15) is 5.82 Å².